The number of nitrogens with zero attached hydrogens (tertiary/aromatic N) is 1. The highest BCUT2D eigenvalue weighted by Gasteiger charge is 2.28. The topological polar surface area (TPSA) is 40.7 Å². The minimum absolute atomic E-state index is 0.430. The zero-order valence-electron chi connectivity index (χ0n) is 9.98. The molecular weight excluding hydrogens is 186 g/mol. The molecule has 0 fully saturated rings. The molecule has 84 valence electrons. The maximum absolute atomic E-state index is 4.36. The van der Waals surface area contributed by atoms with Gasteiger partial charge in [0, 0.05) is 17.8 Å². The maximum atomic E-state index is 4.36. The molecule has 0 radical (unpaired) electrons. The molecule has 0 bridgehead atoms. The standard InChI is InChI=1S/C12H21N3/c1-4-7-13-11-9-8-12(2,3)6-5-10(9)14-15-11/h4-8H2,1-3H3,(H2,13,14,15). The molecule has 2 rings (SSSR count). The van der Waals surface area contributed by atoms with Crippen LogP contribution >= 0.6 is 0 Å². The van der Waals surface area contributed by atoms with Crippen molar-refractivity contribution in [2.45, 2.75) is 46.5 Å². The lowest BCUT2D eigenvalue weighted by molar-refractivity contribution is 0.314. The van der Waals surface area contributed by atoms with Gasteiger partial charge in [0.2, 0.25) is 0 Å². The predicted octanol–water partition coefficient (Wildman–Crippen LogP) is 2.75. The van der Waals surface area contributed by atoms with Crippen molar-refractivity contribution in [3.63, 3.8) is 0 Å². The van der Waals surface area contributed by atoms with Crippen LogP contribution < -0.4 is 5.32 Å². The Balaban J connectivity index is 2.18. The summed E-state index contributed by atoms with van der Waals surface area (Å²) in [4.78, 5) is 0. The van der Waals surface area contributed by atoms with Crippen LogP contribution in [-0.4, -0.2) is 16.7 Å². The van der Waals surface area contributed by atoms with Crippen LogP contribution in [0.2, 0.25) is 0 Å². The number of hydrogen-bond donors (Lipinski definition) is 2. The molecule has 0 atom stereocenters. The van der Waals surface area contributed by atoms with Crippen LogP contribution in [0.15, 0.2) is 0 Å². The lowest BCUT2D eigenvalue weighted by atomic mass is 9.76. The van der Waals surface area contributed by atoms with E-state index in [4.69, 9.17) is 0 Å². The Morgan fingerprint density at radius 1 is 1.47 bits per heavy atom. The largest absolute Gasteiger partial charge is 0.368 e. The molecule has 0 saturated carbocycles. The van der Waals surface area contributed by atoms with E-state index in [1.165, 1.54) is 17.7 Å². The molecule has 0 aromatic carbocycles. The third-order valence-corrected chi connectivity index (χ3v) is 3.20. The fourth-order valence-electron chi connectivity index (χ4n) is 2.22. The molecule has 15 heavy (non-hydrogen) atoms. The lowest BCUT2D eigenvalue weighted by Gasteiger charge is -2.29. The maximum Gasteiger partial charge on any atom is 0.151 e. The van der Waals surface area contributed by atoms with Crippen molar-refractivity contribution in [3.05, 3.63) is 11.3 Å². The second-order valence-electron chi connectivity index (χ2n) is 5.30. The predicted molar refractivity (Wildman–Crippen MR) is 63.2 cm³/mol. The molecule has 0 unspecified atom stereocenters. The first kappa shape index (κ1) is 10.5. The zero-order valence-corrected chi connectivity index (χ0v) is 9.98. The van der Waals surface area contributed by atoms with Crippen molar-refractivity contribution in [2.24, 2.45) is 5.41 Å². The summed E-state index contributed by atoms with van der Waals surface area (Å²) in [6.07, 6.45) is 4.69. The molecule has 0 aliphatic heterocycles. The number of aromatic amines is 1. The Morgan fingerprint density at radius 2 is 2.27 bits per heavy atom. The molecule has 0 amide bonds. The second-order valence-corrected chi connectivity index (χ2v) is 5.30. The third-order valence-electron chi connectivity index (χ3n) is 3.20. The van der Waals surface area contributed by atoms with Crippen LogP contribution in [0.5, 0.6) is 0 Å². The van der Waals surface area contributed by atoms with E-state index >= 15 is 0 Å². The molecule has 1 aromatic rings. The Bertz CT molecular complexity index is 339. The summed E-state index contributed by atoms with van der Waals surface area (Å²) in [5.74, 6) is 1.08. The van der Waals surface area contributed by atoms with E-state index in [0.29, 0.717) is 5.41 Å². The van der Waals surface area contributed by atoms with E-state index < -0.39 is 0 Å². The van der Waals surface area contributed by atoms with E-state index in [1.54, 1.807) is 0 Å². The minimum Gasteiger partial charge on any atom is -0.368 e. The smallest absolute Gasteiger partial charge is 0.151 e. The number of aryl methyl sites for hydroxylation is 1. The molecule has 2 N–H and O–H groups in total. The van der Waals surface area contributed by atoms with Gasteiger partial charge in [0.15, 0.2) is 5.82 Å². The number of H-pyrrole nitrogens is 1. The van der Waals surface area contributed by atoms with Crippen molar-refractivity contribution in [2.75, 3.05) is 11.9 Å². The number of anilines is 1. The third kappa shape index (κ3) is 2.16. The van der Waals surface area contributed by atoms with Gasteiger partial charge in [0.1, 0.15) is 0 Å². The molecule has 3 nitrogen and oxygen atoms in total. The Morgan fingerprint density at radius 3 is 3.00 bits per heavy atom. The van der Waals surface area contributed by atoms with Gasteiger partial charge in [-0.25, -0.2) is 0 Å². The molecule has 0 saturated heterocycles. The van der Waals surface area contributed by atoms with E-state index in [1.807, 2.05) is 0 Å². The Hall–Kier alpha value is -0.990. The fourth-order valence-corrected chi connectivity index (χ4v) is 2.22. The van der Waals surface area contributed by atoms with Gasteiger partial charge < -0.3 is 5.32 Å². The van der Waals surface area contributed by atoms with Crippen LogP contribution in [0.4, 0.5) is 5.82 Å². The highest BCUT2D eigenvalue weighted by molar-refractivity contribution is 5.48. The summed E-state index contributed by atoms with van der Waals surface area (Å²) in [5.41, 5.74) is 3.19. The van der Waals surface area contributed by atoms with Gasteiger partial charge in [-0.05, 0) is 31.1 Å². The summed E-state index contributed by atoms with van der Waals surface area (Å²) in [7, 11) is 0. The van der Waals surface area contributed by atoms with Crippen LogP contribution in [0.25, 0.3) is 0 Å². The normalized spacial score (nSPS) is 18.6. The van der Waals surface area contributed by atoms with Gasteiger partial charge in [-0.3, -0.25) is 5.10 Å². The number of nitrogens with one attached hydrogen (secondary N) is 2. The van der Waals surface area contributed by atoms with Crippen molar-refractivity contribution in [3.8, 4) is 0 Å². The van der Waals surface area contributed by atoms with Gasteiger partial charge in [-0.2, -0.15) is 5.10 Å². The molecular formula is C12H21N3. The summed E-state index contributed by atoms with van der Waals surface area (Å²) in [6.45, 7) is 7.87. The summed E-state index contributed by atoms with van der Waals surface area (Å²) in [5, 5.41) is 10.9. The molecule has 1 aliphatic carbocycles. The van der Waals surface area contributed by atoms with Crippen LogP contribution in [0.1, 0.15) is 44.9 Å². The first-order chi connectivity index (χ1) is 7.12. The summed E-state index contributed by atoms with van der Waals surface area (Å²) in [6, 6.07) is 0. The zero-order chi connectivity index (χ0) is 10.9. The van der Waals surface area contributed by atoms with Crippen LogP contribution in [0.3, 0.4) is 0 Å². The molecule has 0 spiro atoms. The van der Waals surface area contributed by atoms with Crippen LogP contribution in [0, 0.1) is 5.41 Å². The van der Waals surface area contributed by atoms with E-state index in [-0.39, 0.29) is 0 Å². The first-order valence-corrected chi connectivity index (χ1v) is 5.92. The second kappa shape index (κ2) is 3.87. The van der Waals surface area contributed by atoms with E-state index in [9.17, 15) is 0 Å². The van der Waals surface area contributed by atoms with Gasteiger partial charge in [-0.15, -0.1) is 0 Å². The van der Waals surface area contributed by atoms with Crippen molar-refractivity contribution in [1.29, 1.82) is 0 Å². The Labute approximate surface area is 91.7 Å². The summed E-state index contributed by atoms with van der Waals surface area (Å²) >= 11 is 0. The number of fused-ring (bicyclic) bond motifs is 1. The van der Waals surface area contributed by atoms with E-state index in [2.05, 4.69) is 36.3 Å². The Kier molecular flexibility index (Phi) is 2.72. The summed E-state index contributed by atoms with van der Waals surface area (Å²) < 4.78 is 0. The highest BCUT2D eigenvalue weighted by atomic mass is 15.2. The quantitative estimate of drug-likeness (QED) is 0.800. The molecule has 1 heterocycles. The lowest BCUT2D eigenvalue weighted by Crippen LogP contribution is -2.22. The number of aromatic nitrogens is 2. The van der Waals surface area contributed by atoms with Gasteiger partial charge in [0.25, 0.3) is 0 Å². The van der Waals surface area contributed by atoms with Crippen LogP contribution in [-0.2, 0) is 12.8 Å². The SMILES string of the molecule is CCCNc1n[nH]c2c1CC(C)(C)CC2. The van der Waals surface area contributed by atoms with Crippen molar-refractivity contribution >= 4 is 5.82 Å². The monoisotopic (exact) mass is 207 g/mol. The molecule has 1 aliphatic rings. The molecule has 3 heteroatoms. The minimum atomic E-state index is 0.430. The van der Waals surface area contributed by atoms with Crippen molar-refractivity contribution < 1.29 is 0 Å². The highest BCUT2D eigenvalue weighted by Crippen LogP contribution is 2.36. The molecule has 1 aromatic heterocycles. The van der Waals surface area contributed by atoms with Gasteiger partial charge in [-0.1, -0.05) is 20.8 Å². The fraction of sp³-hybridized carbons (Fsp3) is 0.750. The first-order valence-electron chi connectivity index (χ1n) is 5.92. The average Bonchev–Trinajstić information content (AvgIpc) is 2.56. The van der Waals surface area contributed by atoms with E-state index in [0.717, 1.165) is 31.6 Å². The number of rotatable bonds is 3. The van der Waals surface area contributed by atoms with Gasteiger partial charge >= 0.3 is 0 Å². The average molecular weight is 207 g/mol. The number of hydrogen-bond acceptors (Lipinski definition) is 2. The van der Waals surface area contributed by atoms with Gasteiger partial charge in [0.05, 0.1) is 0 Å². The van der Waals surface area contributed by atoms with Crippen molar-refractivity contribution in [1.82, 2.24) is 10.2 Å².